The second-order valence-corrected chi connectivity index (χ2v) is 6.19. The first kappa shape index (κ1) is 14.9. The van der Waals surface area contributed by atoms with E-state index in [0.717, 1.165) is 19.4 Å². The molecule has 118 valence electrons. The molecule has 3 rings (SSSR count). The molecule has 0 aromatic carbocycles. The molecular formula is C15H25N3O3. The molecule has 2 N–H and O–H groups in total. The van der Waals surface area contributed by atoms with Gasteiger partial charge in [-0.05, 0) is 38.6 Å². The minimum atomic E-state index is -1.02. The van der Waals surface area contributed by atoms with E-state index in [-0.39, 0.29) is 6.10 Å². The third-order valence-corrected chi connectivity index (χ3v) is 4.65. The molecule has 2 heterocycles. The fraction of sp³-hybridized carbons (Fsp3) is 0.867. The zero-order valence-corrected chi connectivity index (χ0v) is 12.7. The number of ether oxygens (including phenoxy) is 1. The van der Waals surface area contributed by atoms with Crippen LogP contribution in [0.1, 0.15) is 63.3 Å². The lowest BCUT2D eigenvalue weighted by molar-refractivity contribution is -0.00146. The first-order valence-corrected chi connectivity index (χ1v) is 8.12. The van der Waals surface area contributed by atoms with E-state index in [4.69, 9.17) is 9.26 Å². The summed E-state index contributed by atoms with van der Waals surface area (Å²) in [6, 6.07) is 0. The Morgan fingerprint density at radius 3 is 2.90 bits per heavy atom. The normalized spacial score (nSPS) is 28.9. The highest BCUT2D eigenvalue weighted by Gasteiger charge is 2.40. The summed E-state index contributed by atoms with van der Waals surface area (Å²) in [7, 11) is 0. The molecule has 2 aliphatic rings. The van der Waals surface area contributed by atoms with Crippen LogP contribution in [0.4, 0.5) is 0 Å². The smallest absolute Gasteiger partial charge is 0.260 e. The fourth-order valence-corrected chi connectivity index (χ4v) is 3.44. The van der Waals surface area contributed by atoms with Gasteiger partial charge in [0.2, 0.25) is 5.82 Å². The average Bonchev–Trinajstić information content (AvgIpc) is 3.16. The number of nitrogens with zero attached hydrogens (tertiary/aromatic N) is 2. The Morgan fingerprint density at radius 1 is 1.43 bits per heavy atom. The molecule has 6 heteroatoms. The second kappa shape index (κ2) is 6.42. The number of nitrogens with one attached hydrogen (secondary N) is 1. The van der Waals surface area contributed by atoms with Crippen molar-refractivity contribution in [2.75, 3.05) is 19.7 Å². The van der Waals surface area contributed by atoms with E-state index in [2.05, 4.69) is 15.5 Å². The molecule has 21 heavy (non-hydrogen) atoms. The summed E-state index contributed by atoms with van der Waals surface area (Å²) >= 11 is 0. The molecule has 1 saturated heterocycles. The predicted octanol–water partition coefficient (Wildman–Crippen LogP) is 1.91. The number of hydrogen-bond donors (Lipinski definition) is 2. The third kappa shape index (κ3) is 3.12. The lowest BCUT2D eigenvalue weighted by Gasteiger charge is -2.27. The zero-order valence-electron chi connectivity index (χ0n) is 12.7. The maximum atomic E-state index is 10.5. The van der Waals surface area contributed by atoms with Crippen LogP contribution < -0.4 is 5.32 Å². The quantitative estimate of drug-likeness (QED) is 0.863. The van der Waals surface area contributed by atoms with Crippen LogP contribution in [0, 0.1) is 5.92 Å². The van der Waals surface area contributed by atoms with Gasteiger partial charge in [-0.2, -0.15) is 4.98 Å². The van der Waals surface area contributed by atoms with Crippen molar-refractivity contribution in [3.63, 3.8) is 0 Å². The lowest BCUT2D eigenvalue weighted by atomic mass is 9.85. The van der Waals surface area contributed by atoms with Crippen LogP contribution in [-0.4, -0.2) is 34.9 Å². The van der Waals surface area contributed by atoms with Gasteiger partial charge in [-0.25, -0.2) is 0 Å². The summed E-state index contributed by atoms with van der Waals surface area (Å²) in [4.78, 5) is 4.47. The summed E-state index contributed by atoms with van der Waals surface area (Å²) in [5, 5.41) is 17.7. The molecule has 1 aliphatic carbocycles. The average molecular weight is 295 g/mol. The van der Waals surface area contributed by atoms with E-state index in [1.54, 1.807) is 0 Å². The van der Waals surface area contributed by atoms with Crippen molar-refractivity contribution in [1.29, 1.82) is 0 Å². The summed E-state index contributed by atoms with van der Waals surface area (Å²) in [5.74, 6) is 1.38. The van der Waals surface area contributed by atoms with Crippen molar-refractivity contribution < 1.29 is 14.4 Å². The lowest BCUT2D eigenvalue weighted by Crippen LogP contribution is -2.29. The van der Waals surface area contributed by atoms with Gasteiger partial charge in [-0.1, -0.05) is 24.4 Å². The summed E-state index contributed by atoms with van der Waals surface area (Å²) < 4.78 is 11.2. The molecule has 2 unspecified atom stereocenters. The van der Waals surface area contributed by atoms with Crippen LogP contribution in [0.25, 0.3) is 0 Å². The number of hydrogen-bond acceptors (Lipinski definition) is 6. The number of rotatable bonds is 5. The van der Waals surface area contributed by atoms with E-state index in [1.165, 1.54) is 19.3 Å². The maximum absolute atomic E-state index is 10.5. The summed E-state index contributed by atoms with van der Waals surface area (Å²) in [6.45, 7) is 3.87. The van der Waals surface area contributed by atoms with Gasteiger partial charge < -0.3 is 19.7 Å². The summed E-state index contributed by atoms with van der Waals surface area (Å²) in [6.07, 6.45) is 6.60. The van der Waals surface area contributed by atoms with Gasteiger partial charge >= 0.3 is 0 Å². The van der Waals surface area contributed by atoms with E-state index in [1.807, 2.05) is 6.92 Å². The second-order valence-electron chi connectivity index (χ2n) is 6.19. The molecule has 0 amide bonds. The van der Waals surface area contributed by atoms with Crippen LogP contribution >= 0.6 is 0 Å². The van der Waals surface area contributed by atoms with Crippen molar-refractivity contribution in [3.8, 4) is 0 Å². The molecular weight excluding hydrogens is 270 g/mol. The van der Waals surface area contributed by atoms with Gasteiger partial charge in [-0.15, -0.1) is 0 Å². The van der Waals surface area contributed by atoms with Crippen molar-refractivity contribution >= 4 is 0 Å². The molecule has 0 radical (unpaired) electrons. The molecule has 1 aromatic rings. The molecule has 6 nitrogen and oxygen atoms in total. The molecule has 0 spiro atoms. The van der Waals surface area contributed by atoms with Gasteiger partial charge in [0, 0.05) is 13.2 Å². The van der Waals surface area contributed by atoms with Crippen LogP contribution in [0.2, 0.25) is 0 Å². The minimum absolute atomic E-state index is 0.106. The Kier molecular flexibility index (Phi) is 4.57. The Balaban J connectivity index is 1.77. The Morgan fingerprint density at radius 2 is 2.24 bits per heavy atom. The van der Waals surface area contributed by atoms with Gasteiger partial charge in [0.05, 0.1) is 0 Å². The molecule has 2 atom stereocenters. The molecule has 1 saturated carbocycles. The zero-order chi connectivity index (χ0) is 14.7. The van der Waals surface area contributed by atoms with E-state index in [0.29, 0.717) is 37.2 Å². The predicted molar refractivity (Wildman–Crippen MR) is 76.6 cm³/mol. The highest BCUT2D eigenvalue weighted by Crippen LogP contribution is 2.36. The Hall–Kier alpha value is -0.980. The van der Waals surface area contributed by atoms with Crippen LogP contribution in [-0.2, 0) is 10.3 Å². The van der Waals surface area contributed by atoms with Crippen molar-refractivity contribution in [1.82, 2.24) is 15.5 Å². The topological polar surface area (TPSA) is 80.4 Å². The monoisotopic (exact) mass is 295 g/mol. The van der Waals surface area contributed by atoms with Gasteiger partial charge in [0.25, 0.3) is 5.89 Å². The number of aromatic nitrogens is 2. The number of β-amino-alcohol motifs (C(OH)–C–C–N with tert-alkyl or cyclic N) is 1. The fourth-order valence-electron chi connectivity index (χ4n) is 3.44. The number of aliphatic hydroxyl groups is 1. The van der Waals surface area contributed by atoms with Gasteiger partial charge in [0.15, 0.2) is 5.60 Å². The Bertz CT molecular complexity index is 451. The van der Waals surface area contributed by atoms with Crippen molar-refractivity contribution in [2.24, 2.45) is 5.92 Å². The van der Waals surface area contributed by atoms with Crippen LogP contribution in [0.5, 0.6) is 0 Å². The van der Waals surface area contributed by atoms with Gasteiger partial charge in [0.1, 0.15) is 6.10 Å². The highest BCUT2D eigenvalue weighted by molar-refractivity contribution is 5.05. The molecule has 0 bridgehead atoms. The SMILES string of the molecule is CCOC(c1noc(C2(O)CCNC2)n1)C1CCCCC1. The standard InChI is InChI=1S/C15H25N3O3/c1-2-20-12(11-6-4-3-5-7-11)13-17-14(21-18-13)15(19)8-9-16-10-15/h11-12,16,19H,2-10H2,1H3. The molecule has 1 aliphatic heterocycles. The van der Waals surface area contributed by atoms with Gasteiger partial charge in [-0.3, -0.25) is 0 Å². The Labute approximate surface area is 125 Å². The van der Waals surface area contributed by atoms with E-state index in [9.17, 15) is 5.11 Å². The van der Waals surface area contributed by atoms with Crippen LogP contribution in [0.3, 0.4) is 0 Å². The van der Waals surface area contributed by atoms with Crippen LogP contribution in [0.15, 0.2) is 4.52 Å². The maximum Gasteiger partial charge on any atom is 0.260 e. The van der Waals surface area contributed by atoms with Crippen molar-refractivity contribution in [3.05, 3.63) is 11.7 Å². The van der Waals surface area contributed by atoms with E-state index < -0.39 is 5.60 Å². The highest BCUT2D eigenvalue weighted by atomic mass is 16.5. The summed E-state index contributed by atoms with van der Waals surface area (Å²) in [5.41, 5.74) is -1.02. The minimum Gasteiger partial charge on any atom is -0.379 e. The first-order chi connectivity index (χ1) is 10.2. The van der Waals surface area contributed by atoms with Crippen molar-refractivity contribution in [2.45, 2.75) is 57.2 Å². The first-order valence-electron chi connectivity index (χ1n) is 8.12. The third-order valence-electron chi connectivity index (χ3n) is 4.65. The molecule has 2 fully saturated rings. The largest absolute Gasteiger partial charge is 0.379 e. The molecule has 1 aromatic heterocycles. The van der Waals surface area contributed by atoms with E-state index >= 15 is 0 Å².